The molecule has 0 aliphatic heterocycles. The van der Waals surface area contributed by atoms with Crippen molar-refractivity contribution in [3.63, 3.8) is 0 Å². The number of benzene rings is 1. The Bertz CT molecular complexity index is 1100. The van der Waals surface area contributed by atoms with Crippen molar-refractivity contribution in [1.29, 1.82) is 0 Å². The summed E-state index contributed by atoms with van der Waals surface area (Å²) in [5, 5.41) is 11.7. The smallest absolute Gasteiger partial charge is 0.187 e. The highest BCUT2D eigenvalue weighted by Gasteiger charge is 2.12. The van der Waals surface area contributed by atoms with Gasteiger partial charge in [-0.25, -0.2) is 15.0 Å². The number of anilines is 2. The number of nitrogens with one attached hydrogen (secondary N) is 2. The number of H-pyrrole nitrogens is 1. The van der Waals surface area contributed by atoms with E-state index in [2.05, 4.69) is 35.5 Å². The van der Waals surface area contributed by atoms with Gasteiger partial charge in [0, 0.05) is 16.4 Å². The molecule has 0 saturated heterocycles. The van der Waals surface area contributed by atoms with Crippen LogP contribution in [0.4, 0.5) is 17.3 Å². The first kappa shape index (κ1) is 16.2. The summed E-state index contributed by atoms with van der Waals surface area (Å²) in [4.78, 5) is 17.4. The summed E-state index contributed by atoms with van der Waals surface area (Å²) in [5.74, 6) is 1.07. The third-order valence-electron chi connectivity index (χ3n) is 3.65. The number of hydrogen-bond acceptors (Lipinski definition) is 6. The number of hydrogen-bond donors (Lipinski definition) is 2. The Morgan fingerprint density at radius 3 is 2.88 bits per heavy atom. The van der Waals surface area contributed by atoms with Crippen LogP contribution in [0.2, 0.25) is 5.02 Å². The molecule has 0 atom stereocenters. The summed E-state index contributed by atoms with van der Waals surface area (Å²) in [6, 6.07) is 13.1. The van der Waals surface area contributed by atoms with Crippen molar-refractivity contribution in [3.8, 4) is 0 Å². The molecule has 4 rings (SSSR count). The first-order valence-electron chi connectivity index (χ1n) is 7.88. The number of aromatic nitrogens is 5. The predicted molar refractivity (Wildman–Crippen MR) is 103 cm³/mol. The summed E-state index contributed by atoms with van der Waals surface area (Å²) in [7, 11) is 0. The van der Waals surface area contributed by atoms with E-state index in [1.807, 2.05) is 49.4 Å². The van der Waals surface area contributed by atoms with Crippen LogP contribution in [0.5, 0.6) is 0 Å². The van der Waals surface area contributed by atoms with E-state index < -0.39 is 0 Å². The van der Waals surface area contributed by atoms with Gasteiger partial charge in [0.15, 0.2) is 11.5 Å². The van der Waals surface area contributed by atoms with E-state index in [1.54, 1.807) is 6.21 Å². The van der Waals surface area contributed by atoms with Gasteiger partial charge < -0.3 is 5.32 Å². The van der Waals surface area contributed by atoms with Crippen LogP contribution in [0, 0.1) is 6.92 Å². The quantitative estimate of drug-likeness (QED) is 0.530. The van der Waals surface area contributed by atoms with Gasteiger partial charge in [0.2, 0.25) is 0 Å². The number of aromatic amines is 1. The minimum absolute atomic E-state index is 0.480. The van der Waals surface area contributed by atoms with Crippen LogP contribution < -0.4 is 5.32 Å². The molecule has 0 fully saturated rings. The van der Waals surface area contributed by atoms with Gasteiger partial charge in [-0.05, 0) is 37.3 Å². The van der Waals surface area contributed by atoms with Gasteiger partial charge in [-0.1, -0.05) is 23.7 Å². The average Bonchev–Trinajstić information content (AvgIpc) is 3.04. The number of pyridine rings is 1. The van der Waals surface area contributed by atoms with E-state index >= 15 is 0 Å². The molecule has 3 aromatic heterocycles. The third kappa shape index (κ3) is 3.38. The average molecular weight is 364 g/mol. The molecule has 0 aliphatic rings. The minimum Gasteiger partial charge on any atom is -0.339 e. The van der Waals surface area contributed by atoms with Gasteiger partial charge in [-0.2, -0.15) is 5.10 Å². The molecule has 0 bridgehead atoms. The van der Waals surface area contributed by atoms with Crippen molar-refractivity contribution in [2.24, 2.45) is 4.99 Å². The van der Waals surface area contributed by atoms with E-state index in [9.17, 15) is 0 Å². The summed E-state index contributed by atoms with van der Waals surface area (Å²) < 4.78 is 0. The molecular formula is C18H14ClN7. The molecule has 4 aromatic rings. The molecule has 0 saturated carbocycles. The topological polar surface area (TPSA) is 91.7 Å². The molecule has 0 radical (unpaired) electrons. The minimum atomic E-state index is 0.480. The molecule has 2 N–H and O–H groups in total. The number of aryl methyl sites for hydroxylation is 1. The zero-order chi connectivity index (χ0) is 17.9. The fourth-order valence-corrected chi connectivity index (χ4v) is 2.69. The second-order valence-corrected chi connectivity index (χ2v) is 6.03. The highest BCUT2D eigenvalue weighted by Crippen LogP contribution is 2.30. The predicted octanol–water partition coefficient (Wildman–Crippen LogP) is 4.20. The summed E-state index contributed by atoms with van der Waals surface area (Å²) in [5.41, 5.74) is 3.08. The Morgan fingerprint density at radius 1 is 1.15 bits per heavy atom. The van der Waals surface area contributed by atoms with E-state index in [1.165, 1.54) is 6.33 Å². The Balaban J connectivity index is 1.72. The number of nitrogens with zero attached hydrogens (tertiary/aromatic N) is 5. The van der Waals surface area contributed by atoms with Crippen molar-refractivity contribution >= 4 is 46.2 Å². The zero-order valence-corrected chi connectivity index (χ0v) is 14.6. The number of fused-ring (bicyclic) bond motifs is 1. The Labute approximate surface area is 154 Å². The van der Waals surface area contributed by atoms with Crippen LogP contribution in [0.1, 0.15) is 11.4 Å². The molecule has 128 valence electrons. The second-order valence-electron chi connectivity index (χ2n) is 5.59. The standard InChI is InChI=1S/C18H14ClN7/c1-11-4-2-7-14(23-11)9-20-17-15-16(21-10-22-18(15)26-25-17)24-13-6-3-5-12(19)8-13/h2-10H,1H3,(H2,21,22,24,25,26). The fraction of sp³-hybridized carbons (Fsp3) is 0.0556. The van der Waals surface area contributed by atoms with Crippen LogP contribution in [0.25, 0.3) is 11.0 Å². The molecule has 0 aliphatic carbocycles. The lowest BCUT2D eigenvalue weighted by Crippen LogP contribution is -1.95. The SMILES string of the molecule is Cc1cccc(C=Nc2n[nH]c3ncnc(Nc4cccc(Cl)c4)c23)n1. The van der Waals surface area contributed by atoms with Crippen LogP contribution in [-0.4, -0.2) is 31.4 Å². The molecule has 0 spiro atoms. The fourth-order valence-electron chi connectivity index (χ4n) is 2.50. The van der Waals surface area contributed by atoms with Gasteiger partial charge in [0.05, 0.1) is 11.9 Å². The van der Waals surface area contributed by atoms with Crippen LogP contribution in [0.3, 0.4) is 0 Å². The van der Waals surface area contributed by atoms with Gasteiger partial charge in [-0.3, -0.25) is 10.1 Å². The molecule has 7 nitrogen and oxygen atoms in total. The Kier molecular flexibility index (Phi) is 4.28. The molecule has 1 aromatic carbocycles. The van der Waals surface area contributed by atoms with Gasteiger partial charge in [0.1, 0.15) is 17.5 Å². The van der Waals surface area contributed by atoms with Crippen molar-refractivity contribution in [3.05, 3.63) is 65.2 Å². The number of halogens is 1. The lowest BCUT2D eigenvalue weighted by molar-refractivity contribution is 1.08. The van der Waals surface area contributed by atoms with E-state index in [-0.39, 0.29) is 0 Å². The highest BCUT2D eigenvalue weighted by atomic mass is 35.5. The number of aliphatic imine (C=N–C) groups is 1. The Morgan fingerprint density at radius 2 is 2.04 bits per heavy atom. The van der Waals surface area contributed by atoms with E-state index in [0.717, 1.165) is 17.1 Å². The molecule has 8 heteroatoms. The second kappa shape index (κ2) is 6.89. The van der Waals surface area contributed by atoms with Gasteiger partial charge >= 0.3 is 0 Å². The summed E-state index contributed by atoms with van der Waals surface area (Å²) in [6.07, 6.45) is 3.13. The van der Waals surface area contributed by atoms with E-state index in [0.29, 0.717) is 27.7 Å². The normalized spacial score (nSPS) is 11.3. The molecule has 0 unspecified atom stereocenters. The molecular weight excluding hydrogens is 350 g/mol. The monoisotopic (exact) mass is 363 g/mol. The van der Waals surface area contributed by atoms with Crippen molar-refractivity contribution in [2.75, 3.05) is 5.32 Å². The maximum absolute atomic E-state index is 6.05. The maximum atomic E-state index is 6.05. The highest BCUT2D eigenvalue weighted by molar-refractivity contribution is 6.30. The van der Waals surface area contributed by atoms with E-state index in [4.69, 9.17) is 11.6 Å². The van der Waals surface area contributed by atoms with Gasteiger partial charge in [-0.15, -0.1) is 0 Å². The molecule has 26 heavy (non-hydrogen) atoms. The van der Waals surface area contributed by atoms with Crippen LogP contribution in [0.15, 0.2) is 53.8 Å². The molecule has 0 amide bonds. The van der Waals surface area contributed by atoms with Gasteiger partial charge in [0.25, 0.3) is 0 Å². The van der Waals surface area contributed by atoms with Crippen LogP contribution >= 0.6 is 11.6 Å². The molecule has 3 heterocycles. The summed E-state index contributed by atoms with van der Waals surface area (Å²) in [6.45, 7) is 1.93. The zero-order valence-electron chi connectivity index (χ0n) is 13.8. The van der Waals surface area contributed by atoms with Crippen molar-refractivity contribution in [2.45, 2.75) is 6.92 Å². The lowest BCUT2D eigenvalue weighted by Gasteiger charge is -2.06. The van der Waals surface area contributed by atoms with Crippen molar-refractivity contribution in [1.82, 2.24) is 25.1 Å². The maximum Gasteiger partial charge on any atom is 0.187 e. The largest absolute Gasteiger partial charge is 0.339 e. The summed E-state index contributed by atoms with van der Waals surface area (Å²) >= 11 is 6.05. The lowest BCUT2D eigenvalue weighted by atomic mass is 10.3. The van der Waals surface area contributed by atoms with Crippen LogP contribution in [-0.2, 0) is 0 Å². The third-order valence-corrected chi connectivity index (χ3v) is 3.89. The first-order valence-corrected chi connectivity index (χ1v) is 8.26. The van der Waals surface area contributed by atoms with Crippen molar-refractivity contribution < 1.29 is 0 Å². The first-order chi connectivity index (χ1) is 12.7. The Hall–Kier alpha value is -3.32. The number of rotatable bonds is 4.